The Morgan fingerprint density at radius 1 is 0.756 bits per heavy atom. The van der Waals surface area contributed by atoms with Crippen LogP contribution in [0.15, 0.2) is 53.6 Å². The fourth-order valence-electron chi connectivity index (χ4n) is 14.0. The molecule has 2 saturated carbocycles. The van der Waals surface area contributed by atoms with Crippen LogP contribution in [0, 0.1) is 47.0 Å². The lowest BCUT2D eigenvalue weighted by atomic mass is 9.97. The highest BCUT2D eigenvalue weighted by Gasteiger charge is 2.70. The van der Waals surface area contributed by atoms with E-state index < -0.39 is 23.3 Å². The van der Waals surface area contributed by atoms with E-state index in [2.05, 4.69) is 53.5 Å². The molecular formula is C61H73FIN15O6S2. The minimum Gasteiger partial charge on any atom is -0.465 e. The number of alkyl carbamates (subject to hydrolysis) is 1. The summed E-state index contributed by atoms with van der Waals surface area (Å²) in [4.78, 5) is 65.3. The molecule has 86 heavy (non-hydrogen) atoms. The fraction of sp³-hybridized carbons (Fsp3) is 0.557. The molecule has 2 N–H and O–H groups in total. The number of thiazole rings is 2. The van der Waals surface area contributed by atoms with E-state index in [1.807, 2.05) is 83.2 Å². The molecule has 2 aliphatic carbocycles. The van der Waals surface area contributed by atoms with Gasteiger partial charge in [0.05, 0.1) is 12.4 Å². The summed E-state index contributed by atoms with van der Waals surface area (Å²) in [5, 5.41) is 29.9. The number of aromatic nitrogens is 11. The summed E-state index contributed by atoms with van der Waals surface area (Å²) in [5.74, 6) is 2.60. The fourth-order valence-corrected chi connectivity index (χ4v) is 16.9. The maximum absolute atomic E-state index is 14.7. The van der Waals surface area contributed by atoms with Gasteiger partial charge in [-0.3, -0.25) is 4.98 Å². The molecule has 6 aliphatic rings. The van der Waals surface area contributed by atoms with E-state index in [0.717, 1.165) is 138 Å². The highest BCUT2D eigenvalue weighted by molar-refractivity contribution is 14.1. The van der Waals surface area contributed by atoms with Crippen molar-refractivity contribution in [1.82, 2.24) is 64.7 Å². The standard InChI is InChI=1S/C35H39FN8O3S.C26H34IN7O3S/c1-20-18-48-32(40-20)35(19-39-33(45)47-34(2,3)4)23-12-14-43(17-24(23)35)26-16-38-30-29(22-10-11-25(36)28-21(22)8-7-13-37-28)42-44(31(30)41-26)27-9-5-6-15-46-27;1-15-13-38-23(29-15)26(14-33(24(35)36)25(2,3)4)16-8-9-32(12-17(16)26)18-11-28-20-21(27)31-34(22(20)30-18)19-7-5-6-10-37-19/h7-8,10-11,13,16,18,23-24,27H,5-6,9,12,14-15,17,19H2,1-4H3,(H,39,45);11,13,16-17,19H,5-10,12,14H2,1-4H3,(H,35,36). The van der Waals surface area contributed by atoms with Crippen LogP contribution in [0.25, 0.3) is 44.5 Å². The molecule has 0 bridgehead atoms. The van der Waals surface area contributed by atoms with Crippen molar-refractivity contribution in [3.63, 3.8) is 0 Å². The molecule has 11 heterocycles. The molecule has 7 aromatic heterocycles. The van der Waals surface area contributed by atoms with Crippen molar-refractivity contribution in [2.75, 3.05) is 62.3 Å². The first-order chi connectivity index (χ1) is 41.2. The third-order valence-electron chi connectivity index (χ3n) is 18.3. The third kappa shape index (κ3) is 10.8. The number of hydrogen-bond donors (Lipinski definition) is 2. The van der Waals surface area contributed by atoms with E-state index in [4.69, 9.17) is 54.3 Å². The smallest absolute Gasteiger partial charge is 0.407 e. The molecule has 0 spiro atoms. The quantitative estimate of drug-likeness (QED) is 0.115. The molecule has 454 valence electrons. The summed E-state index contributed by atoms with van der Waals surface area (Å²) in [6.45, 7) is 21.0. The summed E-state index contributed by atoms with van der Waals surface area (Å²) in [6, 6.07) is 6.84. The monoisotopic (exact) mass is 1320 g/mol. The predicted molar refractivity (Wildman–Crippen MR) is 335 cm³/mol. The Morgan fingerprint density at radius 3 is 1.91 bits per heavy atom. The number of piperidine rings is 2. The number of fused-ring (bicyclic) bond motifs is 5. The zero-order valence-electron chi connectivity index (χ0n) is 49.8. The first kappa shape index (κ1) is 58.7. The maximum Gasteiger partial charge on any atom is 0.407 e. The van der Waals surface area contributed by atoms with Crippen LogP contribution in [0.3, 0.4) is 0 Å². The van der Waals surface area contributed by atoms with Gasteiger partial charge in [0.25, 0.3) is 0 Å². The minimum atomic E-state index is -0.880. The average molecular weight is 1320 g/mol. The van der Waals surface area contributed by atoms with Crippen molar-refractivity contribution in [3.8, 4) is 11.3 Å². The topological polar surface area (TPSA) is 230 Å². The summed E-state index contributed by atoms with van der Waals surface area (Å²) < 4.78 is 37.1. The van der Waals surface area contributed by atoms with Crippen LogP contribution in [-0.4, -0.2) is 140 Å². The number of aryl methyl sites for hydroxylation is 2. The Hall–Kier alpha value is -6.29. The number of amides is 2. The van der Waals surface area contributed by atoms with Gasteiger partial charge in [-0.2, -0.15) is 10.2 Å². The molecule has 0 radical (unpaired) electrons. The van der Waals surface area contributed by atoms with E-state index in [1.165, 1.54) is 6.07 Å². The van der Waals surface area contributed by atoms with Crippen molar-refractivity contribution in [2.45, 2.75) is 141 Å². The van der Waals surface area contributed by atoms with Gasteiger partial charge in [0.1, 0.15) is 55.3 Å². The third-order valence-corrected chi connectivity index (χ3v) is 21.3. The number of carbonyl (C=O) groups is 2. The number of benzene rings is 1. The van der Waals surface area contributed by atoms with Gasteiger partial charge in [-0.1, -0.05) is 6.07 Å². The van der Waals surface area contributed by atoms with E-state index >= 15 is 0 Å². The van der Waals surface area contributed by atoms with Gasteiger partial charge in [-0.25, -0.2) is 53.2 Å². The maximum atomic E-state index is 14.7. The predicted octanol–water partition coefficient (Wildman–Crippen LogP) is 11.6. The number of carbonyl (C=O) groups excluding carboxylic acids is 1. The van der Waals surface area contributed by atoms with E-state index in [0.29, 0.717) is 65.2 Å². The number of carboxylic acid groups (broad SMARTS) is 1. The molecule has 2 amide bonds. The Labute approximate surface area is 520 Å². The van der Waals surface area contributed by atoms with Crippen molar-refractivity contribution >= 4 is 102 Å². The van der Waals surface area contributed by atoms with Gasteiger partial charge in [-0.15, -0.1) is 22.7 Å². The van der Waals surface area contributed by atoms with Crippen LogP contribution in [0.5, 0.6) is 0 Å². The SMILES string of the molecule is Cc1csc(C2(CN(C(=O)O)C(C)(C)C)C3CCN(c4cnc5c(I)nn(C6CCCCO6)c5n4)CC32)n1.Cc1csc(C2(CNC(=O)OC(C)(C)C)C3CCN(c4cnc5c(-c6ccc(F)c7ncccc67)nn(C6CCCCO6)c5n4)CC32)n1. The highest BCUT2D eigenvalue weighted by Crippen LogP contribution is 2.66. The van der Waals surface area contributed by atoms with Gasteiger partial charge < -0.3 is 39.3 Å². The first-order valence-corrected chi connectivity index (χ1v) is 32.8. The Kier molecular flexibility index (Phi) is 15.5. The van der Waals surface area contributed by atoms with Crippen LogP contribution in [0.2, 0.25) is 0 Å². The molecule has 4 saturated heterocycles. The number of halogens is 2. The number of ether oxygens (including phenoxy) is 3. The van der Waals surface area contributed by atoms with Gasteiger partial charge in [0.2, 0.25) is 0 Å². The molecule has 14 rings (SSSR count). The zero-order valence-corrected chi connectivity index (χ0v) is 53.6. The van der Waals surface area contributed by atoms with Crippen molar-refractivity contribution in [1.29, 1.82) is 0 Å². The number of pyridine rings is 1. The highest BCUT2D eigenvalue weighted by atomic mass is 127. The Morgan fingerprint density at radius 2 is 1.34 bits per heavy atom. The summed E-state index contributed by atoms with van der Waals surface area (Å²) in [6.07, 6.45) is 11.5. The molecule has 8 atom stereocenters. The van der Waals surface area contributed by atoms with Crippen molar-refractivity contribution in [2.24, 2.45) is 23.7 Å². The summed E-state index contributed by atoms with van der Waals surface area (Å²) in [5.41, 5.74) is 4.90. The summed E-state index contributed by atoms with van der Waals surface area (Å²) in [7, 11) is 0. The second-order valence-corrected chi connectivity index (χ2v) is 28.7. The van der Waals surface area contributed by atoms with E-state index in [9.17, 15) is 19.1 Å². The Balaban J connectivity index is 0.000000164. The minimum absolute atomic E-state index is 0.103. The molecule has 1 aromatic carbocycles. The number of rotatable bonds is 11. The van der Waals surface area contributed by atoms with Crippen LogP contribution in [-0.2, 0) is 25.0 Å². The number of nitrogens with zero attached hydrogens (tertiary/aromatic N) is 14. The number of anilines is 2. The first-order valence-electron chi connectivity index (χ1n) is 30.0. The van der Waals surface area contributed by atoms with E-state index in [-0.39, 0.29) is 35.0 Å². The molecule has 6 fully saturated rings. The lowest BCUT2D eigenvalue weighted by Gasteiger charge is -2.36. The second-order valence-electron chi connectivity index (χ2n) is 25.9. The van der Waals surface area contributed by atoms with Crippen LogP contribution in [0.1, 0.15) is 127 Å². The average Bonchev–Trinajstić information content (AvgIpc) is 1.58. The number of nitrogens with one attached hydrogen (secondary N) is 1. The lowest BCUT2D eigenvalue weighted by Crippen LogP contribution is -2.49. The molecule has 21 nitrogen and oxygen atoms in total. The second kappa shape index (κ2) is 22.7. The summed E-state index contributed by atoms with van der Waals surface area (Å²) >= 11 is 5.56. The Bertz CT molecular complexity index is 3870. The van der Waals surface area contributed by atoms with Crippen molar-refractivity contribution < 1.29 is 33.3 Å². The molecule has 8 unspecified atom stereocenters. The normalized spacial score (nSPS) is 25.6. The van der Waals surface area contributed by atoms with E-state index in [1.54, 1.807) is 45.9 Å². The van der Waals surface area contributed by atoms with Crippen LogP contribution in [0.4, 0.5) is 25.6 Å². The van der Waals surface area contributed by atoms with Gasteiger partial charge in [0, 0.05) is 108 Å². The largest absolute Gasteiger partial charge is 0.465 e. The molecule has 25 heteroatoms. The van der Waals surface area contributed by atoms with Gasteiger partial charge >= 0.3 is 12.2 Å². The van der Waals surface area contributed by atoms with Crippen LogP contribution < -0.4 is 15.1 Å². The van der Waals surface area contributed by atoms with Gasteiger partial charge in [-0.05, 0) is 171 Å². The van der Waals surface area contributed by atoms with Crippen molar-refractivity contribution in [3.05, 3.63) is 84.5 Å². The zero-order chi connectivity index (χ0) is 60.0. The molecular weight excluding hydrogens is 1250 g/mol. The number of hydrogen-bond acceptors (Lipinski definition) is 18. The van der Waals surface area contributed by atoms with Crippen LogP contribution >= 0.6 is 45.3 Å². The van der Waals surface area contributed by atoms with Gasteiger partial charge in [0.15, 0.2) is 27.5 Å². The molecule has 4 aliphatic heterocycles. The lowest BCUT2D eigenvalue weighted by molar-refractivity contribution is -0.0372. The molecule has 8 aromatic rings.